The minimum atomic E-state index is -0.383. The molecule has 3 fully saturated rings. The Bertz CT molecular complexity index is 642. The van der Waals surface area contributed by atoms with Crippen LogP contribution in [0.4, 0.5) is 0 Å². The molecular weight excluding hydrogens is 356 g/mol. The zero-order valence-electron chi connectivity index (χ0n) is 16.8. The van der Waals surface area contributed by atoms with E-state index in [4.69, 9.17) is 18.9 Å². The number of fused-ring (bicyclic) bond motifs is 1. The molecule has 1 aromatic rings. The molecule has 0 bridgehead atoms. The van der Waals surface area contributed by atoms with E-state index in [1.165, 1.54) is 12.5 Å². The monoisotopic (exact) mass is 388 g/mol. The first-order chi connectivity index (χ1) is 13.7. The van der Waals surface area contributed by atoms with Crippen LogP contribution in [0.25, 0.3) is 0 Å². The first kappa shape index (κ1) is 19.9. The van der Waals surface area contributed by atoms with Crippen molar-refractivity contribution >= 4 is 5.97 Å². The van der Waals surface area contributed by atoms with E-state index in [1.54, 1.807) is 0 Å². The van der Waals surface area contributed by atoms with Crippen LogP contribution in [0.15, 0.2) is 30.3 Å². The number of esters is 1. The summed E-state index contributed by atoms with van der Waals surface area (Å²) < 4.78 is 24.3. The standard InChI is InChI=1S/C23H32O5/c1-17(24)28-23-12-7-10-20(23)19(16-25-15-18-8-3-2-4-9-18)21(14-23)27-22-11-5-6-13-26-22/h2-4,8-9,19-22H,5-7,10-16H2,1H3/t19?,20-,21?,22?,23-/m0/s1. The minimum absolute atomic E-state index is 0.0172. The number of hydrogen-bond acceptors (Lipinski definition) is 5. The van der Waals surface area contributed by atoms with Gasteiger partial charge in [0.15, 0.2) is 6.29 Å². The van der Waals surface area contributed by atoms with Gasteiger partial charge in [-0.3, -0.25) is 4.79 Å². The van der Waals surface area contributed by atoms with Gasteiger partial charge in [-0.05, 0) is 44.1 Å². The second-order valence-electron chi connectivity index (χ2n) is 8.50. The topological polar surface area (TPSA) is 54.0 Å². The molecule has 0 spiro atoms. The quantitative estimate of drug-likeness (QED) is 0.654. The number of carbonyl (C=O) groups excluding carboxylic acids is 1. The van der Waals surface area contributed by atoms with Gasteiger partial charge in [-0.1, -0.05) is 30.3 Å². The molecule has 0 amide bonds. The Labute approximate surface area is 167 Å². The van der Waals surface area contributed by atoms with Crippen molar-refractivity contribution in [2.24, 2.45) is 11.8 Å². The van der Waals surface area contributed by atoms with E-state index < -0.39 is 0 Å². The molecule has 0 N–H and O–H groups in total. The first-order valence-electron chi connectivity index (χ1n) is 10.7. The van der Waals surface area contributed by atoms with Gasteiger partial charge in [0.1, 0.15) is 5.60 Å². The van der Waals surface area contributed by atoms with Crippen molar-refractivity contribution in [1.82, 2.24) is 0 Å². The second-order valence-corrected chi connectivity index (χ2v) is 8.50. The summed E-state index contributed by atoms with van der Waals surface area (Å²) in [6.45, 7) is 3.51. The van der Waals surface area contributed by atoms with E-state index >= 15 is 0 Å². The lowest BCUT2D eigenvalue weighted by Crippen LogP contribution is -2.36. The fraction of sp³-hybridized carbons (Fsp3) is 0.696. The summed E-state index contributed by atoms with van der Waals surface area (Å²) in [5, 5.41) is 0. The molecule has 1 heterocycles. The molecule has 5 atom stereocenters. The maximum atomic E-state index is 11.8. The predicted molar refractivity (Wildman–Crippen MR) is 105 cm³/mol. The largest absolute Gasteiger partial charge is 0.459 e. The van der Waals surface area contributed by atoms with Crippen LogP contribution in [-0.4, -0.2) is 37.2 Å². The zero-order valence-corrected chi connectivity index (χ0v) is 16.8. The lowest BCUT2D eigenvalue weighted by molar-refractivity contribution is -0.200. The highest BCUT2D eigenvalue weighted by atomic mass is 16.7. The number of rotatable bonds is 7. The van der Waals surface area contributed by atoms with E-state index in [2.05, 4.69) is 12.1 Å². The van der Waals surface area contributed by atoms with Crippen molar-refractivity contribution in [3.63, 3.8) is 0 Å². The average molecular weight is 389 g/mol. The van der Waals surface area contributed by atoms with E-state index in [0.29, 0.717) is 19.1 Å². The molecule has 0 radical (unpaired) electrons. The second kappa shape index (κ2) is 8.93. The van der Waals surface area contributed by atoms with Gasteiger partial charge in [-0.2, -0.15) is 0 Å². The Morgan fingerprint density at radius 1 is 1.18 bits per heavy atom. The lowest BCUT2D eigenvalue weighted by Gasteiger charge is -2.30. The molecule has 4 rings (SSSR count). The van der Waals surface area contributed by atoms with Crippen molar-refractivity contribution < 1.29 is 23.7 Å². The zero-order chi connectivity index (χ0) is 19.4. The van der Waals surface area contributed by atoms with Crippen LogP contribution in [0.2, 0.25) is 0 Å². The molecule has 1 aromatic carbocycles. The van der Waals surface area contributed by atoms with E-state index in [-0.39, 0.29) is 29.9 Å². The fourth-order valence-corrected chi connectivity index (χ4v) is 5.41. The third-order valence-electron chi connectivity index (χ3n) is 6.57. The highest BCUT2D eigenvalue weighted by Gasteiger charge is 2.59. The summed E-state index contributed by atoms with van der Waals surface area (Å²) in [5.74, 6) is 0.349. The van der Waals surface area contributed by atoms with E-state index in [1.807, 2.05) is 18.2 Å². The molecule has 5 nitrogen and oxygen atoms in total. The van der Waals surface area contributed by atoms with Crippen LogP contribution in [-0.2, 0) is 30.3 Å². The Balaban J connectivity index is 1.44. The molecule has 1 aliphatic heterocycles. The Kier molecular flexibility index (Phi) is 6.34. The number of benzene rings is 1. The highest BCUT2D eigenvalue weighted by Crippen LogP contribution is 2.54. The van der Waals surface area contributed by atoms with Gasteiger partial charge in [-0.25, -0.2) is 0 Å². The SMILES string of the molecule is CC(=O)O[C@]12CCC[C@H]1C(COCc1ccccc1)C(OC1CCCCO1)C2. The van der Waals surface area contributed by atoms with Crippen LogP contribution in [0.1, 0.15) is 57.4 Å². The van der Waals surface area contributed by atoms with Crippen molar-refractivity contribution in [2.45, 2.75) is 76.5 Å². The van der Waals surface area contributed by atoms with Crippen molar-refractivity contribution in [2.75, 3.05) is 13.2 Å². The molecule has 0 aromatic heterocycles. The summed E-state index contributed by atoms with van der Waals surface area (Å²) in [5.41, 5.74) is 0.789. The van der Waals surface area contributed by atoms with Crippen molar-refractivity contribution in [3.8, 4) is 0 Å². The number of hydrogen-bond donors (Lipinski definition) is 0. The molecule has 3 unspecified atom stereocenters. The Hall–Kier alpha value is -1.43. The maximum absolute atomic E-state index is 11.8. The number of ether oxygens (including phenoxy) is 4. The summed E-state index contributed by atoms with van der Waals surface area (Å²) in [4.78, 5) is 11.8. The Morgan fingerprint density at radius 3 is 2.79 bits per heavy atom. The molecule has 2 aliphatic carbocycles. The molecule has 3 aliphatic rings. The first-order valence-corrected chi connectivity index (χ1v) is 10.7. The van der Waals surface area contributed by atoms with Crippen LogP contribution < -0.4 is 0 Å². The molecule has 1 saturated heterocycles. The van der Waals surface area contributed by atoms with Gasteiger partial charge >= 0.3 is 5.97 Å². The predicted octanol–water partition coefficient (Wildman–Crippen LogP) is 4.24. The summed E-state index contributed by atoms with van der Waals surface area (Å²) >= 11 is 0. The third kappa shape index (κ3) is 4.42. The fourth-order valence-electron chi connectivity index (χ4n) is 5.41. The number of carbonyl (C=O) groups is 1. The van der Waals surface area contributed by atoms with Crippen LogP contribution in [0.5, 0.6) is 0 Å². The van der Waals surface area contributed by atoms with Crippen molar-refractivity contribution in [1.29, 1.82) is 0 Å². The molecular formula is C23H32O5. The van der Waals surface area contributed by atoms with Gasteiger partial charge in [0.05, 0.1) is 19.3 Å². The summed E-state index contributed by atoms with van der Waals surface area (Å²) in [6, 6.07) is 10.2. The minimum Gasteiger partial charge on any atom is -0.459 e. The molecule has 154 valence electrons. The average Bonchev–Trinajstić information content (AvgIpc) is 3.19. The van der Waals surface area contributed by atoms with Crippen molar-refractivity contribution in [3.05, 3.63) is 35.9 Å². The molecule has 5 heteroatoms. The molecule has 2 saturated carbocycles. The lowest BCUT2D eigenvalue weighted by atomic mass is 9.89. The van der Waals surface area contributed by atoms with Crippen LogP contribution in [0, 0.1) is 11.8 Å². The van der Waals surface area contributed by atoms with Gasteiger partial charge < -0.3 is 18.9 Å². The van der Waals surface area contributed by atoms with Crippen LogP contribution in [0.3, 0.4) is 0 Å². The van der Waals surface area contributed by atoms with Crippen LogP contribution >= 0.6 is 0 Å². The van der Waals surface area contributed by atoms with Gasteiger partial charge in [0, 0.05) is 31.8 Å². The normalized spacial score (nSPS) is 34.9. The van der Waals surface area contributed by atoms with E-state index in [0.717, 1.165) is 51.6 Å². The van der Waals surface area contributed by atoms with Gasteiger partial charge in [-0.15, -0.1) is 0 Å². The maximum Gasteiger partial charge on any atom is 0.303 e. The summed E-state index contributed by atoms with van der Waals surface area (Å²) in [6.07, 6.45) is 6.93. The summed E-state index contributed by atoms with van der Waals surface area (Å²) in [7, 11) is 0. The van der Waals surface area contributed by atoms with Gasteiger partial charge in [0.2, 0.25) is 0 Å². The smallest absolute Gasteiger partial charge is 0.303 e. The third-order valence-corrected chi connectivity index (χ3v) is 6.57. The molecule has 28 heavy (non-hydrogen) atoms. The van der Waals surface area contributed by atoms with Gasteiger partial charge in [0.25, 0.3) is 0 Å². The highest BCUT2D eigenvalue weighted by molar-refractivity contribution is 5.66. The Morgan fingerprint density at radius 2 is 2.04 bits per heavy atom. The van der Waals surface area contributed by atoms with E-state index in [9.17, 15) is 4.79 Å².